The zero-order valence-corrected chi connectivity index (χ0v) is 11.6. The van der Waals surface area contributed by atoms with E-state index in [9.17, 15) is 5.11 Å². The van der Waals surface area contributed by atoms with Gasteiger partial charge in [0.25, 0.3) is 0 Å². The van der Waals surface area contributed by atoms with Crippen LogP contribution in [0.5, 0.6) is 5.75 Å². The first-order valence-electron chi connectivity index (χ1n) is 6.56. The minimum absolute atomic E-state index is 0.530. The fourth-order valence-electron chi connectivity index (χ4n) is 1.97. The zero-order chi connectivity index (χ0) is 14.1. The van der Waals surface area contributed by atoms with E-state index in [0.29, 0.717) is 13.2 Å². The van der Waals surface area contributed by atoms with Crippen LogP contribution >= 0.6 is 0 Å². The Hall–Kier alpha value is -1.58. The van der Waals surface area contributed by atoms with Crippen molar-refractivity contribution in [2.45, 2.75) is 13.0 Å². The lowest BCUT2D eigenvalue weighted by atomic mass is 10.1. The average Bonchev–Trinajstić information content (AvgIpc) is 2.40. The summed E-state index contributed by atoms with van der Waals surface area (Å²) in [6, 6.07) is 7.60. The number of aliphatic hydroxyl groups is 1. The molecule has 3 nitrogen and oxygen atoms in total. The van der Waals surface area contributed by atoms with Gasteiger partial charge in [0, 0.05) is 25.2 Å². The number of nitrogens with zero attached hydrogens (tertiary/aromatic N) is 1. The maximum atomic E-state index is 10.4. The number of ether oxygens (including phenoxy) is 1. The fourth-order valence-corrected chi connectivity index (χ4v) is 1.97. The van der Waals surface area contributed by atoms with Crippen LogP contribution in [0, 0.1) is 0 Å². The molecule has 0 saturated carbocycles. The monoisotopic (exact) mass is 261 g/mol. The van der Waals surface area contributed by atoms with Crippen LogP contribution in [-0.2, 0) is 0 Å². The van der Waals surface area contributed by atoms with E-state index in [2.05, 4.69) is 18.1 Å². The number of para-hydroxylation sites is 1. The summed E-state index contributed by atoms with van der Waals surface area (Å²) >= 11 is 0. The van der Waals surface area contributed by atoms with Gasteiger partial charge >= 0.3 is 0 Å². The molecule has 0 amide bonds. The number of hydrogen-bond donors (Lipinski definition) is 1. The van der Waals surface area contributed by atoms with Crippen molar-refractivity contribution in [2.75, 3.05) is 26.2 Å². The van der Waals surface area contributed by atoms with Gasteiger partial charge in [0.05, 0.1) is 12.7 Å². The molecule has 0 radical (unpaired) electrons. The van der Waals surface area contributed by atoms with E-state index in [1.165, 1.54) is 0 Å². The number of hydrogen-bond acceptors (Lipinski definition) is 3. The predicted molar refractivity (Wildman–Crippen MR) is 79.4 cm³/mol. The van der Waals surface area contributed by atoms with E-state index in [-0.39, 0.29) is 0 Å². The maximum absolute atomic E-state index is 10.4. The van der Waals surface area contributed by atoms with Crippen LogP contribution in [0.1, 0.15) is 18.6 Å². The van der Waals surface area contributed by atoms with Gasteiger partial charge < -0.3 is 9.84 Å². The highest BCUT2D eigenvalue weighted by molar-refractivity contribution is 5.35. The molecule has 1 N–H and O–H groups in total. The van der Waals surface area contributed by atoms with Gasteiger partial charge in [-0.2, -0.15) is 0 Å². The van der Waals surface area contributed by atoms with E-state index in [0.717, 1.165) is 24.4 Å². The quantitative estimate of drug-likeness (QED) is 0.694. The third-order valence-electron chi connectivity index (χ3n) is 2.78. The van der Waals surface area contributed by atoms with Gasteiger partial charge in [0.15, 0.2) is 0 Å². The van der Waals surface area contributed by atoms with Crippen LogP contribution in [0.25, 0.3) is 0 Å². The van der Waals surface area contributed by atoms with Gasteiger partial charge in [0.1, 0.15) is 5.75 Å². The Balaban J connectivity index is 2.77. The summed E-state index contributed by atoms with van der Waals surface area (Å²) in [6.07, 6.45) is 3.07. The first kappa shape index (κ1) is 15.5. The standard InChI is InChI=1S/C16H23NO2/c1-4-11-17(12-5-2)13-15(18)14-9-7-8-10-16(14)19-6-3/h4-5,7-10,15,18H,1-2,6,11-13H2,3H3. The summed E-state index contributed by atoms with van der Waals surface area (Å²) in [6.45, 7) is 12.0. The molecule has 0 bridgehead atoms. The topological polar surface area (TPSA) is 32.7 Å². The van der Waals surface area contributed by atoms with Crippen LogP contribution in [0.3, 0.4) is 0 Å². The van der Waals surface area contributed by atoms with Gasteiger partial charge in [-0.25, -0.2) is 0 Å². The van der Waals surface area contributed by atoms with Crippen LogP contribution in [0.15, 0.2) is 49.6 Å². The first-order chi connectivity index (χ1) is 9.22. The zero-order valence-electron chi connectivity index (χ0n) is 11.6. The molecule has 0 saturated heterocycles. The molecule has 0 spiro atoms. The normalized spacial score (nSPS) is 12.2. The highest BCUT2D eigenvalue weighted by atomic mass is 16.5. The van der Waals surface area contributed by atoms with E-state index in [1.54, 1.807) is 0 Å². The molecule has 0 heterocycles. The third kappa shape index (κ3) is 4.89. The Morgan fingerprint density at radius 1 is 1.26 bits per heavy atom. The number of benzene rings is 1. The van der Waals surface area contributed by atoms with Gasteiger partial charge in [-0.3, -0.25) is 4.90 Å². The molecule has 0 aliphatic heterocycles. The van der Waals surface area contributed by atoms with Crippen LogP contribution in [-0.4, -0.2) is 36.2 Å². The van der Waals surface area contributed by atoms with Crippen molar-refractivity contribution in [1.29, 1.82) is 0 Å². The summed E-state index contributed by atoms with van der Waals surface area (Å²) in [7, 11) is 0. The van der Waals surface area contributed by atoms with Crippen molar-refractivity contribution in [3.63, 3.8) is 0 Å². The Bertz CT molecular complexity index is 393. The summed E-state index contributed by atoms with van der Waals surface area (Å²) in [5.41, 5.74) is 0.822. The molecule has 1 rings (SSSR count). The predicted octanol–water partition coefficient (Wildman–Crippen LogP) is 2.79. The van der Waals surface area contributed by atoms with Crippen molar-refractivity contribution in [2.24, 2.45) is 0 Å². The Kier molecular flexibility index (Phi) is 6.93. The smallest absolute Gasteiger partial charge is 0.125 e. The third-order valence-corrected chi connectivity index (χ3v) is 2.78. The minimum atomic E-state index is -0.581. The Morgan fingerprint density at radius 2 is 1.89 bits per heavy atom. The van der Waals surface area contributed by atoms with Crippen molar-refractivity contribution in [3.05, 3.63) is 55.1 Å². The molecule has 1 atom stereocenters. The summed E-state index contributed by atoms with van der Waals surface area (Å²) in [4.78, 5) is 2.08. The highest BCUT2D eigenvalue weighted by Gasteiger charge is 2.15. The SMILES string of the molecule is C=CCN(CC=C)CC(O)c1ccccc1OCC. The molecular formula is C16H23NO2. The van der Waals surface area contributed by atoms with E-state index in [4.69, 9.17) is 4.74 Å². The second-order valence-corrected chi connectivity index (χ2v) is 4.28. The number of aliphatic hydroxyl groups excluding tert-OH is 1. The highest BCUT2D eigenvalue weighted by Crippen LogP contribution is 2.25. The molecule has 104 valence electrons. The average molecular weight is 261 g/mol. The Labute approximate surface area is 115 Å². The molecule has 1 aromatic carbocycles. The van der Waals surface area contributed by atoms with Crippen molar-refractivity contribution < 1.29 is 9.84 Å². The van der Waals surface area contributed by atoms with Gasteiger partial charge in [-0.05, 0) is 13.0 Å². The summed E-state index contributed by atoms with van der Waals surface area (Å²) in [5.74, 6) is 0.745. The van der Waals surface area contributed by atoms with Crippen molar-refractivity contribution in [3.8, 4) is 5.75 Å². The van der Waals surface area contributed by atoms with Gasteiger partial charge in [-0.1, -0.05) is 30.4 Å². The molecule has 0 aromatic heterocycles. The van der Waals surface area contributed by atoms with Gasteiger partial charge in [-0.15, -0.1) is 13.2 Å². The summed E-state index contributed by atoms with van der Waals surface area (Å²) < 4.78 is 5.54. The van der Waals surface area contributed by atoms with E-state index in [1.807, 2.05) is 43.3 Å². The second-order valence-electron chi connectivity index (χ2n) is 4.28. The molecular weight excluding hydrogens is 238 g/mol. The fraction of sp³-hybridized carbons (Fsp3) is 0.375. The van der Waals surface area contributed by atoms with Crippen LogP contribution in [0.4, 0.5) is 0 Å². The molecule has 0 aliphatic carbocycles. The van der Waals surface area contributed by atoms with E-state index < -0.39 is 6.10 Å². The largest absolute Gasteiger partial charge is 0.493 e. The van der Waals surface area contributed by atoms with Crippen molar-refractivity contribution >= 4 is 0 Å². The van der Waals surface area contributed by atoms with Crippen LogP contribution < -0.4 is 4.74 Å². The number of rotatable bonds is 9. The van der Waals surface area contributed by atoms with Gasteiger partial charge in [0.2, 0.25) is 0 Å². The molecule has 1 unspecified atom stereocenters. The lowest BCUT2D eigenvalue weighted by Crippen LogP contribution is -2.29. The molecule has 19 heavy (non-hydrogen) atoms. The maximum Gasteiger partial charge on any atom is 0.125 e. The van der Waals surface area contributed by atoms with E-state index >= 15 is 0 Å². The minimum Gasteiger partial charge on any atom is -0.493 e. The van der Waals surface area contributed by atoms with Crippen molar-refractivity contribution in [1.82, 2.24) is 4.90 Å². The lowest BCUT2D eigenvalue weighted by molar-refractivity contribution is 0.122. The lowest BCUT2D eigenvalue weighted by Gasteiger charge is -2.23. The molecule has 1 aromatic rings. The Morgan fingerprint density at radius 3 is 2.47 bits per heavy atom. The molecule has 0 aliphatic rings. The molecule has 0 fully saturated rings. The first-order valence-corrected chi connectivity index (χ1v) is 6.56. The van der Waals surface area contributed by atoms with Crippen LogP contribution in [0.2, 0.25) is 0 Å². The summed E-state index contributed by atoms with van der Waals surface area (Å²) in [5, 5.41) is 10.4. The molecule has 3 heteroatoms. The second kappa shape index (κ2) is 8.51.